The lowest BCUT2D eigenvalue weighted by Gasteiger charge is -2.20. The molecular weight excluding hydrogens is 264 g/mol. The van der Waals surface area contributed by atoms with E-state index in [1.807, 2.05) is 33.8 Å². The van der Waals surface area contributed by atoms with Gasteiger partial charge < -0.3 is 14.2 Å². The molecule has 1 atom stereocenters. The normalized spacial score (nSPS) is 11.3. The third-order valence-corrected chi connectivity index (χ3v) is 3.10. The van der Waals surface area contributed by atoms with E-state index in [1.54, 1.807) is 0 Å². The van der Waals surface area contributed by atoms with Crippen LogP contribution in [0.1, 0.15) is 52.5 Å². The van der Waals surface area contributed by atoms with Gasteiger partial charge in [-0.2, -0.15) is 0 Å². The molecule has 0 saturated carbocycles. The van der Waals surface area contributed by atoms with Crippen molar-refractivity contribution in [3.8, 4) is 29.1 Å². The van der Waals surface area contributed by atoms with Gasteiger partial charge in [0.15, 0.2) is 11.5 Å². The molecular formula is C18H26O3. The van der Waals surface area contributed by atoms with Crippen molar-refractivity contribution >= 4 is 0 Å². The fourth-order valence-electron chi connectivity index (χ4n) is 2.16. The highest BCUT2D eigenvalue weighted by molar-refractivity contribution is 5.57. The summed E-state index contributed by atoms with van der Waals surface area (Å²) in [5.74, 6) is 8.59. The molecule has 0 aliphatic carbocycles. The molecule has 0 N–H and O–H groups in total. The molecule has 0 spiro atoms. The van der Waals surface area contributed by atoms with E-state index >= 15 is 0 Å². The van der Waals surface area contributed by atoms with Gasteiger partial charge in [-0.1, -0.05) is 13.0 Å². The first-order valence-corrected chi connectivity index (χ1v) is 7.64. The highest BCUT2D eigenvalue weighted by Gasteiger charge is 2.20. The Hall–Kier alpha value is -1.82. The Labute approximate surface area is 128 Å². The van der Waals surface area contributed by atoms with Gasteiger partial charge in [-0.3, -0.25) is 0 Å². The molecule has 1 rings (SSSR count). The van der Waals surface area contributed by atoms with Crippen molar-refractivity contribution in [2.45, 2.75) is 47.0 Å². The van der Waals surface area contributed by atoms with Gasteiger partial charge in [-0.05, 0) is 39.7 Å². The molecule has 1 aromatic rings. The quantitative estimate of drug-likeness (QED) is 0.664. The van der Waals surface area contributed by atoms with E-state index in [0.29, 0.717) is 25.6 Å². The molecule has 1 unspecified atom stereocenters. The second-order valence-corrected chi connectivity index (χ2v) is 4.64. The van der Waals surface area contributed by atoms with Gasteiger partial charge in [0.25, 0.3) is 0 Å². The number of hydrogen-bond donors (Lipinski definition) is 0. The summed E-state index contributed by atoms with van der Waals surface area (Å²) < 4.78 is 17.3. The van der Waals surface area contributed by atoms with E-state index in [9.17, 15) is 0 Å². The van der Waals surface area contributed by atoms with Gasteiger partial charge in [0.2, 0.25) is 5.75 Å². The van der Waals surface area contributed by atoms with E-state index in [2.05, 4.69) is 24.8 Å². The molecule has 0 aromatic heterocycles. The van der Waals surface area contributed by atoms with E-state index in [1.165, 1.54) is 0 Å². The van der Waals surface area contributed by atoms with Crippen LogP contribution in [0.3, 0.4) is 0 Å². The van der Waals surface area contributed by atoms with Crippen molar-refractivity contribution in [2.24, 2.45) is 0 Å². The third kappa shape index (κ3) is 4.60. The minimum atomic E-state index is 0.286. The molecule has 21 heavy (non-hydrogen) atoms. The first kappa shape index (κ1) is 17.2. The van der Waals surface area contributed by atoms with Crippen LogP contribution in [0, 0.1) is 11.8 Å². The fraction of sp³-hybridized carbons (Fsp3) is 0.556. The predicted octanol–water partition coefficient (Wildman–Crippen LogP) is 4.40. The Morgan fingerprint density at radius 1 is 0.952 bits per heavy atom. The van der Waals surface area contributed by atoms with Crippen molar-refractivity contribution in [1.82, 2.24) is 0 Å². The maximum atomic E-state index is 5.86. The summed E-state index contributed by atoms with van der Waals surface area (Å²) >= 11 is 0. The van der Waals surface area contributed by atoms with Gasteiger partial charge in [0.1, 0.15) is 0 Å². The van der Waals surface area contributed by atoms with Crippen molar-refractivity contribution in [2.75, 3.05) is 19.8 Å². The van der Waals surface area contributed by atoms with Crippen LogP contribution < -0.4 is 14.2 Å². The highest BCUT2D eigenvalue weighted by atomic mass is 16.5. The van der Waals surface area contributed by atoms with E-state index in [0.717, 1.165) is 23.5 Å². The standard InChI is InChI=1S/C18H26O3/c1-6-10-11-14(5)15-12-13-16(19-7-2)18(21-9-4)17(15)20-8-3/h12-14H,7-9,11H2,1-5H3. The molecule has 0 aliphatic rings. The lowest BCUT2D eigenvalue weighted by Crippen LogP contribution is -2.06. The van der Waals surface area contributed by atoms with Crippen LogP contribution in [0.25, 0.3) is 0 Å². The summed E-state index contributed by atoms with van der Waals surface area (Å²) in [6.07, 6.45) is 0.802. The molecule has 3 nitrogen and oxygen atoms in total. The zero-order valence-electron chi connectivity index (χ0n) is 13.8. The number of benzene rings is 1. The lowest BCUT2D eigenvalue weighted by molar-refractivity contribution is 0.258. The molecule has 3 heteroatoms. The number of hydrogen-bond acceptors (Lipinski definition) is 3. The minimum Gasteiger partial charge on any atom is -0.490 e. The molecule has 0 heterocycles. The van der Waals surface area contributed by atoms with Crippen LogP contribution in [0.4, 0.5) is 0 Å². The predicted molar refractivity (Wildman–Crippen MR) is 86.4 cm³/mol. The molecule has 0 amide bonds. The Morgan fingerprint density at radius 3 is 2.14 bits per heavy atom. The second-order valence-electron chi connectivity index (χ2n) is 4.64. The summed E-state index contributed by atoms with van der Waals surface area (Å²) in [7, 11) is 0. The molecule has 0 aliphatic heterocycles. The smallest absolute Gasteiger partial charge is 0.203 e. The van der Waals surface area contributed by atoms with Gasteiger partial charge in [0.05, 0.1) is 19.8 Å². The monoisotopic (exact) mass is 290 g/mol. The maximum Gasteiger partial charge on any atom is 0.203 e. The molecule has 0 radical (unpaired) electrons. The van der Waals surface area contributed by atoms with Gasteiger partial charge in [0, 0.05) is 12.0 Å². The second kappa shape index (κ2) is 9.18. The average molecular weight is 290 g/mol. The molecule has 0 bridgehead atoms. The van der Waals surface area contributed by atoms with Gasteiger partial charge in [-0.15, -0.1) is 11.8 Å². The van der Waals surface area contributed by atoms with Gasteiger partial charge in [-0.25, -0.2) is 0 Å². The topological polar surface area (TPSA) is 27.7 Å². The summed E-state index contributed by atoms with van der Waals surface area (Å²) in [4.78, 5) is 0. The SMILES string of the molecule is CC#CCC(C)c1ccc(OCC)c(OCC)c1OCC. The van der Waals surface area contributed by atoms with E-state index in [-0.39, 0.29) is 5.92 Å². The van der Waals surface area contributed by atoms with Crippen molar-refractivity contribution in [3.05, 3.63) is 17.7 Å². The minimum absolute atomic E-state index is 0.286. The van der Waals surface area contributed by atoms with Crippen LogP contribution in [-0.2, 0) is 0 Å². The Balaban J connectivity index is 3.28. The lowest BCUT2D eigenvalue weighted by atomic mass is 9.96. The summed E-state index contributed by atoms with van der Waals surface area (Å²) in [5, 5.41) is 0. The van der Waals surface area contributed by atoms with Crippen LogP contribution in [0.5, 0.6) is 17.2 Å². The first-order chi connectivity index (χ1) is 10.2. The molecule has 0 fully saturated rings. The van der Waals surface area contributed by atoms with Crippen molar-refractivity contribution < 1.29 is 14.2 Å². The average Bonchev–Trinajstić information content (AvgIpc) is 2.48. The maximum absolute atomic E-state index is 5.86. The Morgan fingerprint density at radius 2 is 1.57 bits per heavy atom. The van der Waals surface area contributed by atoms with Crippen LogP contribution >= 0.6 is 0 Å². The third-order valence-electron chi connectivity index (χ3n) is 3.10. The number of rotatable bonds is 8. The summed E-state index contributed by atoms with van der Waals surface area (Å²) in [6, 6.07) is 4.02. The van der Waals surface area contributed by atoms with Crippen LogP contribution in [-0.4, -0.2) is 19.8 Å². The Kier molecular flexibility index (Phi) is 7.53. The summed E-state index contributed by atoms with van der Waals surface area (Å²) in [6.45, 7) is 11.7. The molecule has 116 valence electrons. The van der Waals surface area contributed by atoms with Crippen LogP contribution in [0.15, 0.2) is 12.1 Å². The van der Waals surface area contributed by atoms with E-state index in [4.69, 9.17) is 14.2 Å². The first-order valence-electron chi connectivity index (χ1n) is 7.64. The largest absolute Gasteiger partial charge is 0.490 e. The Bertz CT molecular complexity index is 497. The fourth-order valence-corrected chi connectivity index (χ4v) is 2.16. The number of ether oxygens (including phenoxy) is 3. The highest BCUT2D eigenvalue weighted by Crippen LogP contribution is 2.43. The zero-order chi connectivity index (χ0) is 15.7. The molecule has 1 aromatic carbocycles. The van der Waals surface area contributed by atoms with E-state index < -0.39 is 0 Å². The van der Waals surface area contributed by atoms with Gasteiger partial charge >= 0.3 is 0 Å². The van der Waals surface area contributed by atoms with Crippen molar-refractivity contribution in [1.29, 1.82) is 0 Å². The summed E-state index contributed by atoms with van der Waals surface area (Å²) in [5.41, 5.74) is 1.12. The zero-order valence-corrected chi connectivity index (χ0v) is 13.8. The van der Waals surface area contributed by atoms with Crippen molar-refractivity contribution in [3.63, 3.8) is 0 Å². The molecule has 0 saturated heterocycles. The van der Waals surface area contributed by atoms with Crippen LogP contribution in [0.2, 0.25) is 0 Å².